The van der Waals surface area contributed by atoms with Gasteiger partial charge in [0, 0.05) is 23.9 Å². The zero-order valence-electron chi connectivity index (χ0n) is 17.5. The van der Waals surface area contributed by atoms with E-state index in [2.05, 4.69) is 87.6 Å². The third kappa shape index (κ3) is 4.42. The molecule has 5 rings (SSSR count). The first-order valence-electron chi connectivity index (χ1n) is 10.6. The van der Waals surface area contributed by atoms with Crippen molar-refractivity contribution in [2.24, 2.45) is 0 Å². The van der Waals surface area contributed by atoms with Crippen LogP contribution in [0.15, 0.2) is 78.9 Å². The molecule has 5 nitrogen and oxygen atoms in total. The number of H-pyrrole nitrogens is 1. The van der Waals surface area contributed by atoms with Crippen molar-refractivity contribution in [1.29, 1.82) is 0 Å². The second-order valence-electron chi connectivity index (χ2n) is 7.82. The fourth-order valence-electron chi connectivity index (χ4n) is 3.92. The van der Waals surface area contributed by atoms with E-state index >= 15 is 0 Å². The molecule has 5 heteroatoms. The number of pyridine rings is 1. The van der Waals surface area contributed by atoms with Gasteiger partial charge in [0.1, 0.15) is 5.82 Å². The normalized spacial score (nSPS) is 13.6. The molecule has 1 aliphatic heterocycles. The van der Waals surface area contributed by atoms with Crippen LogP contribution >= 0.6 is 0 Å². The maximum absolute atomic E-state index is 4.92. The lowest BCUT2D eigenvalue weighted by Crippen LogP contribution is -2.19. The summed E-state index contributed by atoms with van der Waals surface area (Å²) in [4.78, 5) is 4.92. The summed E-state index contributed by atoms with van der Waals surface area (Å²) >= 11 is 0. The molecular weight excluding hydrogens is 382 g/mol. The first-order chi connectivity index (χ1) is 15.2. The maximum Gasteiger partial charge on any atom is 0.153 e. The first-order valence-corrected chi connectivity index (χ1v) is 10.6. The Kier molecular flexibility index (Phi) is 5.33. The van der Waals surface area contributed by atoms with Crippen molar-refractivity contribution in [3.05, 3.63) is 90.1 Å². The van der Waals surface area contributed by atoms with E-state index in [1.54, 1.807) is 0 Å². The predicted molar refractivity (Wildman–Crippen MR) is 127 cm³/mol. The van der Waals surface area contributed by atoms with Crippen molar-refractivity contribution in [2.75, 3.05) is 18.4 Å². The molecule has 31 heavy (non-hydrogen) atoms. The molecule has 1 aliphatic rings. The lowest BCUT2D eigenvalue weighted by molar-refractivity contribution is 0.738. The van der Waals surface area contributed by atoms with Gasteiger partial charge in [-0.2, -0.15) is 5.10 Å². The number of nitrogens with one attached hydrogen (secondary N) is 3. The van der Waals surface area contributed by atoms with Crippen LogP contribution in [0.3, 0.4) is 0 Å². The maximum atomic E-state index is 4.92. The molecule has 154 valence electrons. The topological polar surface area (TPSA) is 65.6 Å². The van der Waals surface area contributed by atoms with Crippen LogP contribution in [0, 0.1) is 6.92 Å². The van der Waals surface area contributed by atoms with Gasteiger partial charge in [-0.3, -0.25) is 5.10 Å². The SMILES string of the molecule is Cc1cc(Nc2cc(-c3ccccc3)cc(-c3cccc(C4=CCNCC4)c3)n2)n[nH]1. The smallest absolute Gasteiger partial charge is 0.153 e. The summed E-state index contributed by atoms with van der Waals surface area (Å²) in [6.07, 6.45) is 3.33. The Morgan fingerprint density at radius 3 is 2.42 bits per heavy atom. The number of aryl methyl sites for hydroxylation is 1. The standard InChI is InChI=1S/C26H25N5/c1-18-14-26(31-30-18)29-25-17-23(19-6-3-2-4-7-19)16-24(28-25)22-9-5-8-21(15-22)20-10-12-27-13-11-20/h2-10,14-17,27H,11-13H2,1H3,(H2,28,29,30,31). The van der Waals surface area contributed by atoms with E-state index in [9.17, 15) is 0 Å². The Morgan fingerprint density at radius 1 is 0.806 bits per heavy atom. The Balaban J connectivity index is 1.57. The molecule has 0 bridgehead atoms. The fourth-order valence-corrected chi connectivity index (χ4v) is 3.92. The summed E-state index contributed by atoms with van der Waals surface area (Å²) in [7, 11) is 0. The molecule has 0 unspecified atom stereocenters. The highest BCUT2D eigenvalue weighted by Gasteiger charge is 2.11. The number of hydrogen-bond acceptors (Lipinski definition) is 4. The average molecular weight is 408 g/mol. The molecule has 0 fully saturated rings. The number of anilines is 2. The van der Waals surface area contributed by atoms with Crippen LogP contribution in [-0.2, 0) is 0 Å². The molecule has 0 spiro atoms. The number of nitrogens with zero attached hydrogens (tertiary/aromatic N) is 2. The highest BCUT2D eigenvalue weighted by molar-refractivity contribution is 5.77. The van der Waals surface area contributed by atoms with Crippen LogP contribution in [0.4, 0.5) is 11.6 Å². The van der Waals surface area contributed by atoms with Gasteiger partial charge in [-0.25, -0.2) is 4.98 Å². The minimum atomic E-state index is 0.759. The van der Waals surface area contributed by atoms with Crippen molar-refractivity contribution in [3.63, 3.8) is 0 Å². The number of benzene rings is 2. The number of aromatic amines is 1. The van der Waals surface area contributed by atoms with E-state index in [0.29, 0.717) is 0 Å². The third-order valence-electron chi connectivity index (χ3n) is 5.49. The number of rotatable bonds is 5. The summed E-state index contributed by atoms with van der Waals surface area (Å²) in [5.41, 5.74) is 7.98. The molecule has 0 saturated carbocycles. The lowest BCUT2D eigenvalue weighted by atomic mass is 9.96. The molecule has 3 N–H and O–H groups in total. The molecule has 0 atom stereocenters. The van der Waals surface area contributed by atoms with Crippen LogP contribution in [0.1, 0.15) is 17.7 Å². The lowest BCUT2D eigenvalue weighted by Gasteiger charge is -2.15. The summed E-state index contributed by atoms with van der Waals surface area (Å²) in [5.74, 6) is 1.53. The van der Waals surface area contributed by atoms with Crippen molar-refractivity contribution in [2.45, 2.75) is 13.3 Å². The molecule has 0 saturated heterocycles. The van der Waals surface area contributed by atoms with Gasteiger partial charge in [0.2, 0.25) is 0 Å². The average Bonchev–Trinajstić information content (AvgIpc) is 3.24. The van der Waals surface area contributed by atoms with E-state index in [0.717, 1.165) is 59.2 Å². The number of aromatic nitrogens is 3. The van der Waals surface area contributed by atoms with Gasteiger partial charge in [0.25, 0.3) is 0 Å². The predicted octanol–water partition coefficient (Wildman–Crippen LogP) is 5.57. The summed E-state index contributed by atoms with van der Waals surface area (Å²) < 4.78 is 0. The molecule has 2 aromatic heterocycles. The Bertz CT molecular complexity index is 1220. The van der Waals surface area contributed by atoms with Gasteiger partial charge < -0.3 is 10.6 Å². The van der Waals surface area contributed by atoms with E-state index in [1.165, 1.54) is 11.1 Å². The first kappa shape index (κ1) is 19.3. The van der Waals surface area contributed by atoms with Gasteiger partial charge in [0.05, 0.1) is 5.69 Å². The highest BCUT2D eigenvalue weighted by Crippen LogP contribution is 2.31. The molecule has 0 radical (unpaired) electrons. The van der Waals surface area contributed by atoms with Gasteiger partial charge in [0.15, 0.2) is 5.82 Å². The van der Waals surface area contributed by atoms with Gasteiger partial charge >= 0.3 is 0 Å². The summed E-state index contributed by atoms with van der Waals surface area (Å²) in [6, 6.07) is 25.3. The molecule has 3 heterocycles. The number of hydrogen-bond donors (Lipinski definition) is 3. The zero-order chi connectivity index (χ0) is 21.0. The van der Waals surface area contributed by atoms with E-state index in [4.69, 9.17) is 4.98 Å². The van der Waals surface area contributed by atoms with Crippen LogP contribution in [-0.4, -0.2) is 28.3 Å². The Labute approximate surface area is 182 Å². The second-order valence-corrected chi connectivity index (χ2v) is 7.82. The van der Waals surface area contributed by atoms with Crippen LogP contribution in [0.2, 0.25) is 0 Å². The van der Waals surface area contributed by atoms with Gasteiger partial charge in [-0.1, -0.05) is 54.6 Å². The minimum Gasteiger partial charge on any atom is -0.323 e. The van der Waals surface area contributed by atoms with E-state index < -0.39 is 0 Å². The zero-order valence-corrected chi connectivity index (χ0v) is 17.5. The monoisotopic (exact) mass is 407 g/mol. The molecule has 4 aromatic rings. The fraction of sp³-hybridized carbons (Fsp3) is 0.154. The Morgan fingerprint density at radius 2 is 1.65 bits per heavy atom. The molecule has 2 aromatic carbocycles. The molecule has 0 amide bonds. The van der Waals surface area contributed by atoms with Crippen LogP contribution in [0.25, 0.3) is 28.0 Å². The van der Waals surface area contributed by atoms with E-state index in [-0.39, 0.29) is 0 Å². The van der Waals surface area contributed by atoms with Crippen molar-refractivity contribution >= 4 is 17.2 Å². The van der Waals surface area contributed by atoms with Crippen molar-refractivity contribution < 1.29 is 0 Å². The Hall–Kier alpha value is -3.70. The van der Waals surface area contributed by atoms with Crippen LogP contribution in [0.5, 0.6) is 0 Å². The summed E-state index contributed by atoms with van der Waals surface area (Å²) in [5, 5.41) is 14.0. The second kappa shape index (κ2) is 8.58. The minimum absolute atomic E-state index is 0.759. The quantitative estimate of drug-likeness (QED) is 0.405. The van der Waals surface area contributed by atoms with Crippen molar-refractivity contribution in [1.82, 2.24) is 20.5 Å². The third-order valence-corrected chi connectivity index (χ3v) is 5.49. The molecule has 0 aliphatic carbocycles. The van der Waals surface area contributed by atoms with Crippen molar-refractivity contribution in [3.8, 4) is 22.4 Å². The summed E-state index contributed by atoms with van der Waals surface area (Å²) in [6.45, 7) is 3.94. The van der Waals surface area contributed by atoms with Gasteiger partial charge in [-0.15, -0.1) is 0 Å². The van der Waals surface area contributed by atoms with Gasteiger partial charge in [-0.05, 0) is 60.4 Å². The highest BCUT2D eigenvalue weighted by atomic mass is 15.2. The largest absolute Gasteiger partial charge is 0.323 e. The molecular formula is C26H25N5. The van der Waals surface area contributed by atoms with Crippen LogP contribution < -0.4 is 10.6 Å². The van der Waals surface area contributed by atoms with E-state index in [1.807, 2.05) is 19.1 Å².